The Morgan fingerprint density at radius 1 is 1.41 bits per heavy atom. The highest BCUT2D eigenvalue weighted by atomic mass is 19.1. The molecule has 22 heavy (non-hydrogen) atoms. The largest absolute Gasteiger partial charge is 0.480 e. The van der Waals surface area contributed by atoms with Gasteiger partial charge in [-0.05, 0) is 43.0 Å². The van der Waals surface area contributed by atoms with Gasteiger partial charge in [0.2, 0.25) is 0 Å². The highest BCUT2D eigenvalue weighted by molar-refractivity contribution is 6.00. The zero-order valence-corrected chi connectivity index (χ0v) is 12.1. The second-order valence-corrected chi connectivity index (χ2v) is 5.91. The summed E-state index contributed by atoms with van der Waals surface area (Å²) in [5.74, 6) is -1.50. The fourth-order valence-electron chi connectivity index (χ4n) is 2.64. The molecular weight excluding hydrogens is 287 g/mol. The average Bonchev–Trinajstić information content (AvgIpc) is 3.14. The van der Waals surface area contributed by atoms with Crippen LogP contribution in [0.2, 0.25) is 0 Å². The summed E-state index contributed by atoms with van der Waals surface area (Å²) >= 11 is 0. The van der Waals surface area contributed by atoms with Crippen molar-refractivity contribution in [2.45, 2.75) is 32.2 Å². The maximum Gasteiger partial charge on any atom is 0.326 e. The van der Waals surface area contributed by atoms with Gasteiger partial charge in [-0.2, -0.15) is 0 Å². The predicted molar refractivity (Wildman–Crippen MR) is 79.2 cm³/mol. The van der Waals surface area contributed by atoms with Crippen LogP contribution >= 0.6 is 0 Å². The Morgan fingerprint density at radius 3 is 2.77 bits per heavy atom. The summed E-state index contributed by atoms with van der Waals surface area (Å²) in [5.41, 5.74) is 1.49. The molecule has 116 valence electrons. The second kappa shape index (κ2) is 5.44. The van der Waals surface area contributed by atoms with Crippen LogP contribution in [-0.2, 0) is 4.79 Å². The first-order valence-corrected chi connectivity index (χ1v) is 7.26. The van der Waals surface area contributed by atoms with Gasteiger partial charge in [-0.25, -0.2) is 9.18 Å². The topological polar surface area (TPSA) is 82.2 Å². The first kappa shape index (κ1) is 14.6. The smallest absolute Gasteiger partial charge is 0.326 e. The lowest BCUT2D eigenvalue weighted by Gasteiger charge is -2.13. The third-order valence-corrected chi connectivity index (χ3v) is 4.02. The van der Waals surface area contributed by atoms with E-state index in [-0.39, 0.29) is 11.5 Å². The molecule has 2 aromatic rings. The van der Waals surface area contributed by atoms with E-state index in [2.05, 4.69) is 10.3 Å². The van der Waals surface area contributed by atoms with Crippen LogP contribution in [0.4, 0.5) is 4.39 Å². The molecule has 1 saturated carbocycles. The number of aliphatic carboxylic acids is 1. The van der Waals surface area contributed by atoms with E-state index in [0.717, 1.165) is 23.8 Å². The standard InChI is InChI=1S/C16H17FN2O3/c1-8-4-10(17)6-12-11(8)7-13(18-12)15(20)19-14(16(21)22)5-9-2-3-9/h4,6-7,9,14,18H,2-3,5H2,1H3,(H,19,20)(H,21,22). The fourth-order valence-corrected chi connectivity index (χ4v) is 2.64. The molecule has 3 N–H and O–H groups in total. The van der Waals surface area contributed by atoms with E-state index in [4.69, 9.17) is 0 Å². The van der Waals surface area contributed by atoms with Gasteiger partial charge in [0.15, 0.2) is 0 Å². The molecule has 0 bridgehead atoms. The van der Waals surface area contributed by atoms with Crippen LogP contribution in [0.5, 0.6) is 0 Å². The minimum atomic E-state index is -1.03. The predicted octanol–water partition coefficient (Wildman–Crippen LogP) is 2.60. The third-order valence-electron chi connectivity index (χ3n) is 4.02. The molecule has 1 amide bonds. The lowest BCUT2D eigenvalue weighted by Crippen LogP contribution is -2.41. The number of hydrogen-bond donors (Lipinski definition) is 3. The molecule has 0 spiro atoms. The molecule has 1 aliphatic rings. The molecule has 1 unspecified atom stereocenters. The second-order valence-electron chi connectivity index (χ2n) is 5.91. The zero-order chi connectivity index (χ0) is 15.9. The maximum atomic E-state index is 13.4. The Labute approximate surface area is 126 Å². The van der Waals surface area contributed by atoms with Crippen LogP contribution < -0.4 is 5.32 Å². The number of H-pyrrole nitrogens is 1. The van der Waals surface area contributed by atoms with Gasteiger partial charge in [-0.1, -0.05) is 12.8 Å². The summed E-state index contributed by atoms with van der Waals surface area (Å²) < 4.78 is 13.4. The fraction of sp³-hybridized carbons (Fsp3) is 0.375. The normalized spacial score (nSPS) is 15.7. The van der Waals surface area contributed by atoms with E-state index in [1.54, 1.807) is 13.0 Å². The molecule has 0 aliphatic heterocycles. The van der Waals surface area contributed by atoms with Crippen molar-refractivity contribution in [2.75, 3.05) is 0 Å². The number of halogens is 1. The average molecular weight is 304 g/mol. The van der Waals surface area contributed by atoms with E-state index in [9.17, 15) is 19.1 Å². The van der Waals surface area contributed by atoms with Gasteiger partial charge in [-0.3, -0.25) is 4.79 Å². The highest BCUT2D eigenvalue weighted by Crippen LogP contribution is 2.33. The number of aromatic nitrogens is 1. The molecule has 1 aromatic carbocycles. The number of nitrogens with one attached hydrogen (secondary N) is 2. The molecular formula is C16H17FN2O3. The van der Waals surface area contributed by atoms with Gasteiger partial charge in [0, 0.05) is 10.9 Å². The van der Waals surface area contributed by atoms with E-state index in [0.29, 0.717) is 17.9 Å². The molecule has 1 atom stereocenters. The lowest BCUT2D eigenvalue weighted by atomic mass is 10.1. The highest BCUT2D eigenvalue weighted by Gasteiger charge is 2.30. The van der Waals surface area contributed by atoms with Gasteiger partial charge >= 0.3 is 5.97 Å². The number of benzene rings is 1. The molecule has 1 aromatic heterocycles. The Bertz CT molecular complexity index is 749. The summed E-state index contributed by atoms with van der Waals surface area (Å²) in [6.07, 6.45) is 2.49. The van der Waals surface area contributed by atoms with Gasteiger partial charge in [0.05, 0.1) is 0 Å². The number of amides is 1. The molecule has 6 heteroatoms. The summed E-state index contributed by atoms with van der Waals surface area (Å²) in [4.78, 5) is 26.3. The van der Waals surface area contributed by atoms with Gasteiger partial charge in [-0.15, -0.1) is 0 Å². The molecule has 5 nitrogen and oxygen atoms in total. The third kappa shape index (κ3) is 2.95. The minimum Gasteiger partial charge on any atom is -0.480 e. The van der Waals surface area contributed by atoms with Crippen LogP contribution in [0.25, 0.3) is 10.9 Å². The molecule has 0 saturated heterocycles. The van der Waals surface area contributed by atoms with Crippen LogP contribution in [0.1, 0.15) is 35.3 Å². The zero-order valence-electron chi connectivity index (χ0n) is 12.1. The Morgan fingerprint density at radius 2 is 2.14 bits per heavy atom. The summed E-state index contributed by atoms with van der Waals surface area (Å²) in [6.45, 7) is 1.76. The van der Waals surface area contributed by atoms with Crippen molar-refractivity contribution in [1.82, 2.24) is 10.3 Å². The molecule has 1 heterocycles. The molecule has 3 rings (SSSR count). The van der Waals surface area contributed by atoms with Crippen molar-refractivity contribution in [2.24, 2.45) is 5.92 Å². The Balaban J connectivity index is 1.81. The summed E-state index contributed by atoms with van der Waals surface area (Å²) in [7, 11) is 0. The number of aromatic amines is 1. The number of rotatable bonds is 5. The van der Waals surface area contributed by atoms with Crippen LogP contribution in [0.3, 0.4) is 0 Å². The van der Waals surface area contributed by atoms with Crippen LogP contribution in [0.15, 0.2) is 18.2 Å². The minimum absolute atomic E-state index is 0.241. The number of carboxylic acid groups (broad SMARTS) is 1. The van der Waals surface area contributed by atoms with Crippen LogP contribution in [0, 0.1) is 18.7 Å². The van der Waals surface area contributed by atoms with Gasteiger partial charge < -0.3 is 15.4 Å². The summed E-state index contributed by atoms with van der Waals surface area (Å²) in [6, 6.07) is 3.45. The first-order chi connectivity index (χ1) is 10.4. The number of carbonyl (C=O) groups excluding carboxylic acids is 1. The van der Waals surface area contributed by atoms with Crippen molar-refractivity contribution in [3.8, 4) is 0 Å². The SMILES string of the molecule is Cc1cc(F)cc2[nH]c(C(=O)NC(CC3CC3)C(=O)O)cc12. The quantitative estimate of drug-likeness (QED) is 0.794. The van der Waals surface area contributed by atoms with E-state index in [1.165, 1.54) is 12.1 Å². The number of carbonyl (C=O) groups is 2. The monoisotopic (exact) mass is 304 g/mol. The Hall–Kier alpha value is -2.37. The van der Waals surface area contributed by atoms with Crippen molar-refractivity contribution in [3.05, 3.63) is 35.3 Å². The van der Waals surface area contributed by atoms with Gasteiger partial charge in [0.25, 0.3) is 5.91 Å². The summed E-state index contributed by atoms with van der Waals surface area (Å²) in [5, 5.41) is 12.5. The maximum absolute atomic E-state index is 13.4. The molecule has 0 radical (unpaired) electrons. The lowest BCUT2D eigenvalue weighted by molar-refractivity contribution is -0.139. The van der Waals surface area contributed by atoms with E-state index < -0.39 is 17.9 Å². The van der Waals surface area contributed by atoms with Crippen molar-refractivity contribution in [1.29, 1.82) is 0 Å². The van der Waals surface area contributed by atoms with Crippen LogP contribution in [-0.4, -0.2) is 28.0 Å². The van der Waals surface area contributed by atoms with E-state index >= 15 is 0 Å². The number of carboxylic acids is 1. The Kier molecular flexibility index (Phi) is 3.60. The number of hydrogen-bond acceptors (Lipinski definition) is 2. The number of aryl methyl sites for hydroxylation is 1. The molecule has 1 aliphatic carbocycles. The van der Waals surface area contributed by atoms with Crippen molar-refractivity contribution in [3.63, 3.8) is 0 Å². The number of fused-ring (bicyclic) bond motifs is 1. The first-order valence-electron chi connectivity index (χ1n) is 7.26. The molecule has 1 fully saturated rings. The van der Waals surface area contributed by atoms with Gasteiger partial charge in [0.1, 0.15) is 17.6 Å². The van der Waals surface area contributed by atoms with E-state index in [1.807, 2.05) is 0 Å². The van der Waals surface area contributed by atoms with Crippen molar-refractivity contribution < 1.29 is 19.1 Å². The van der Waals surface area contributed by atoms with Crippen molar-refractivity contribution >= 4 is 22.8 Å².